The lowest BCUT2D eigenvalue weighted by molar-refractivity contribution is 0.0909. The highest BCUT2D eigenvalue weighted by Gasteiger charge is 2.30. The maximum Gasteiger partial charge on any atom is 0.314 e. The van der Waals surface area contributed by atoms with Gasteiger partial charge in [-0.2, -0.15) is 5.10 Å². The predicted molar refractivity (Wildman–Crippen MR) is 93.2 cm³/mol. The smallest absolute Gasteiger partial charge is 0.314 e. The molecule has 1 aromatic heterocycles. The van der Waals surface area contributed by atoms with Gasteiger partial charge in [0, 0.05) is 48.0 Å². The summed E-state index contributed by atoms with van der Waals surface area (Å²) in [6.45, 7) is 1.24. The zero-order valence-electron chi connectivity index (χ0n) is 13.6. The van der Waals surface area contributed by atoms with Crippen LogP contribution in [0.4, 0.5) is 4.79 Å². The van der Waals surface area contributed by atoms with Crippen LogP contribution in [0.25, 0.3) is 0 Å². The van der Waals surface area contributed by atoms with Crippen LogP contribution in [0.5, 0.6) is 0 Å². The molecule has 2 heterocycles. The Labute approximate surface area is 150 Å². The van der Waals surface area contributed by atoms with Gasteiger partial charge < -0.3 is 20.5 Å². The number of amides is 2. The number of ether oxygens (including phenoxy) is 1. The Balaban J connectivity index is 1.44. The Morgan fingerprint density at radius 1 is 1.44 bits per heavy atom. The maximum absolute atomic E-state index is 12.0. The highest BCUT2D eigenvalue weighted by Crippen LogP contribution is 2.33. The van der Waals surface area contributed by atoms with Crippen molar-refractivity contribution in [3.8, 4) is 0 Å². The third kappa shape index (κ3) is 4.50. The first kappa shape index (κ1) is 17.7. The van der Waals surface area contributed by atoms with E-state index < -0.39 is 6.10 Å². The first-order valence-electron chi connectivity index (χ1n) is 8.19. The van der Waals surface area contributed by atoms with Gasteiger partial charge >= 0.3 is 6.03 Å². The molecule has 3 rings (SSSR count). The molecule has 1 aliphatic rings. The Morgan fingerprint density at radius 3 is 3.04 bits per heavy atom. The molecule has 0 bridgehead atoms. The third-order valence-electron chi connectivity index (χ3n) is 4.31. The fourth-order valence-corrected chi connectivity index (χ4v) is 3.22. The molecule has 1 unspecified atom stereocenters. The summed E-state index contributed by atoms with van der Waals surface area (Å²) in [5, 5.41) is 22.8. The number of aromatic nitrogens is 2. The van der Waals surface area contributed by atoms with Gasteiger partial charge in [-0.1, -0.05) is 29.8 Å². The van der Waals surface area contributed by atoms with E-state index in [0.29, 0.717) is 23.7 Å². The number of hydrogen-bond acceptors (Lipinski definition) is 4. The maximum atomic E-state index is 12.0. The molecule has 2 aromatic rings. The molecule has 0 spiro atoms. The van der Waals surface area contributed by atoms with E-state index in [0.717, 1.165) is 12.0 Å². The fourth-order valence-electron chi connectivity index (χ4n) is 2.96. The van der Waals surface area contributed by atoms with E-state index in [4.69, 9.17) is 16.3 Å². The van der Waals surface area contributed by atoms with Gasteiger partial charge in [-0.05, 0) is 12.5 Å². The van der Waals surface area contributed by atoms with Crippen LogP contribution in [0.1, 0.15) is 29.8 Å². The number of nitrogens with zero attached hydrogens (tertiary/aromatic N) is 1. The van der Waals surface area contributed by atoms with Gasteiger partial charge in [-0.15, -0.1) is 0 Å². The number of aliphatic hydroxyl groups excluding tert-OH is 1. The molecule has 134 valence electrons. The molecule has 1 aromatic carbocycles. The molecule has 1 saturated heterocycles. The number of carbonyl (C=O) groups excluding carboxylic acids is 1. The molecule has 8 heteroatoms. The summed E-state index contributed by atoms with van der Waals surface area (Å²) in [5.74, 6) is 0.192. The van der Waals surface area contributed by atoms with Crippen LogP contribution in [0.15, 0.2) is 36.7 Å². The van der Waals surface area contributed by atoms with Gasteiger partial charge in [0.1, 0.15) is 0 Å². The molecule has 0 radical (unpaired) electrons. The molecule has 1 fully saturated rings. The van der Waals surface area contributed by atoms with Crippen molar-refractivity contribution < 1.29 is 14.6 Å². The van der Waals surface area contributed by atoms with Crippen LogP contribution in [0, 0.1) is 5.92 Å². The number of urea groups is 1. The molecule has 0 aliphatic carbocycles. The van der Waals surface area contributed by atoms with Gasteiger partial charge in [-0.25, -0.2) is 4.79 Å². The van der Waals surface area contributed by atoms with E-state index in [2.05, 4.69) is 20.8 Å². The normalized spacial score (nSPS) is 21.0. The molecule has 7 nitrogen and oxygen atoms in total. The molecular weight excluding hydrogens is 344 g/mol. The summed E-state index contributed by atoms with van der Waals surface area (Å²) in [5.41, 5.74) is 1.58. The molecule has 4 N–H and O–H groups in total. The lowest BCUT2D eigenvalue weighted by Crippen LogP contribution is -2.40. The Bertz CT molecular complexity index is 695. The van der Waals surface area contributed by atoms with E-state index in [-0.39, 0.29) is 24.6 Å². The number of rotatable bonds is 6. The minimum Gasteiger partial charge on any atom is -0.387 e. The molecule has 0 saturated carbocycles. The first-order chi connectivity index (χ1) is 12.1. The highest BCUT2D eigenvalue weighted by atomic mass is 35.5. The summed E-state index contributed by atoms with van der Waals surface area (Å²) in [4.78, 5) is 12.0. The monoisotopic (exact) mass is 364 g/mol. The second-order valence-corrected chi connectivity index (χ2v) is 6.41. The molecule has 1 aliphatic heterocycles. The van der Waals surface area contributed by atoms with Crippen LogP contribution >= 0.6 is 11.6 Å². The van der Waals surface area contributed by atoms with E-state index in [1.165, 1.54) is 0 Å². The lowest BCUT2D eigenvalue weighted by Gasteiger charge is -2.18. The SMILES string of the molecule is O=C(NCC(O)c1ccccc1Cl)NC[C@@H]1CCO[C@H]1c1cn[nH]c1. The van der Waals surface area contributed by atoms with Crippen LogP contribution in [-0.2, 0) is 4.74 Å². The minimum absolute atomic E-state index is 0.0623. The van der Waals surface area contributed by atoms with Crippen LogP contribution < -0.4 is 10.6 Å². The summed E-state index contributed by atoms with van der Waals surface area (Å²) in [7, 11) is 0. The van der Waals surface area contributed by atoms with Gasteiger partial charge in [0.05, 0.1) is 18.4 Å². The van der Waals surface area contributed by atoms with Crippen molar-refractivity contribution >= 4 is 17.6 Å². The topological polar surface area (TPSA) is 99.3 Å². The van der Waals surface area contributed by atoms with Gasteiger partial charge in [-0.3, -0.25) is 5.10 Å². The summed E-state index contributed by atoms with van der Waals surface area (Å²) in [6, 6.07) is 6.69. The average molecular weight is 365 g/mol. The van der Waals surface area contributed by atoms with Crippen molar-refractivity contribution in [1.29, 1.82) is 0 Å². The summed E-state index contributed by atoms with van der Waals surface area (Å²) >= 11 is 6.04. The van der Waals surface area contributed by atoms with Crippen LogP contribution in [0.3, 0.4) is 0 Å². The average Bonchev–Trinajstić information content (AvgIpc) is 3.29. The van der Waals surface area contributed by atoms with Gasteiger partial charge in [0.25, 0.3) is 0 Å². The Kier molecular flexibility index (Phi) is 5.91. The predicted octanol–water partition coefficient (Wildman–Crippen LogP) is 2.17. The Morgan fingerprint density at radius 2 is 2.28 bits per heavy atom. The van der Waals surface area contributed by atoms with E-state index in [9.17, 15) is 9.90 Å². The minimum atomic E-state index is -0.854. The van der Waals surface area contributed by atoms with Crippen LogP contribution in [0.2, 0.25) is 5.02 Å². The van der Waals surface area contributed by atoms with Crippen molar-refractivity contribution in [3.05, 3.63) is 52.8 Å². The van der Waals surface area contributed by atoms with Crippen molar-refractivity contribution in [2.24, 2.45) is 5.92 Å². The number of carbonyl (C=O) groups is 1. The van der Waals surface area contributed by atoms with Gasteiger partial charge in [0.2, 0.25) is 0 Å². The van der Waals surface area contributed by atoms with Crippen molar-refractivity contribution in [3.63, 3.8) is 0 Å². The zero-order chi connectivity index (χ0) is 17.6. The molecule has 2 amide bonds. The quantitative estimate of drug-likeness (QED) is 0.631. The lowest BCUT2D eigenvalue weighted by atomic mass is 9.97. The number of H-pyrrole nitrogens is 1. The summed E-state index contributed by atoms with van der Waals surface area (Å²) < 4.78 is 5.73. The van der Waals surface area contributed by atoms with Gasteiger partial charge in [0.15, 0.2) is 0 Å². The second kappa shape index (κ2) is 8.33. The standard InChI is InChI=1S/C17H21ClN4O3/c18-14-4-2-1-3-13(14)15(23)10-20-17(24)19-7-11-5-6-25-16(11)12-8-21-22-9-12/h1-4,8-9,11,15-16,23H,5-7,10H2,(H,21,22)(H2,19,20,24)/t11-,15?,16+/m0/s1. The first-order valence-corrected chi connectivity index (χ1v) is 8.57. The van der Waals surface area contributed by atoms with E-state index in [1.54, 1.807) is 30.5 Å². The number of nitrogens with one attached hydrogen (secondary N) is 3. The van der Waals surface area contributed by atoms with E-state index in [1.807, 2.05) is 6.20 Å². The zero-order valence-corrected chi connectivity index (χ0v) is 14.4. The Hall–Kier alpha value is -2.09. The van der Waals surface area contributed by atoms with Crippen LogP contribution in [-0.4, -0.2) is 41.0 Å². The molecule has 3 atom stereocenters. The number of benzene rings is 1. The van der Waals surface area contributed by atoms with E-state index >= 15 is 0 Å². The number of aliphatic hydroxyl groups is 1. The second-order valence-electron chi connectivity index (χ2n) is 6.00. The highest BCUT2D eigenvalue weighted by molar-refractivity contribution is 6.31. The summed E-state index contributed by atoms with van der Waals surface area (Å²) in [6.07, 6.45) is 3.51. The number of aromatic amines is 1. The number of halogens is 1. The number of hydrogen-bond donors (Lipinski definition) is 4. The largest absolute Gasteiger partial charge is 0.387 e. The van der Waals surface area contributed by atoms with Crippen molar-refractivity contribution in [2.45, 2.75) is 18.6 Å². The van der Waals surface area contributed by atoms with Crippen molar-refractivity contribution in [1.82, 2.24) is 20.8 Å². The fraction of sp³-hybridized carbons (Fsp3) is 0.412. The van der Waals surface area contributed by atoms with Crippen molar-refractivity contribution in [2.75, 3.05) is 19.7 Å². The molecular formula is C17H21ClN4O3. The molecule has 25 heavy (non-hydrogen) atoms. The third-order valence-corrected chi connectivity index (χ3v) is 4.65.